The summed E-state index contributed by atoms with van der Waals surface area (Å²) in [5.41, 5.74) is 2.23. The number of thiocarbonyl (C=S) groups is 1. The maximum atomic E-state index is 12.6. The molecule has 2 N–H and O–H groups in total. The first-order valence-corrected chi connectivity index (χ1v) is 9.13. The Hall–Kier alpha value is -2.80. The molecule has 0 aliphatic heterocycles. The van der Waals surface area contributed by atoms with Crippen molar-refractivity contribution in [1.82, 2.24) is 5.32 Å². The Morgan fingerprint density at radius 3 is 2.04 bits per heavy atom. The number of nitrogens with one attached hydrogen (secondary N) is 2. The predicted molar refractivity (Wildman–Crippen MR) is 113 cm³/mol. The summed E-state index contributed by atoms with van der Waals surface area (Å²) < 4.78 is 10.5. The highest BCUT2D eigenvalue weighted by Crippen LogP contribution is 2.28. The lowest BCUT2D eigenvalue weighted by Gasteiger charge is -2.21. The maximum absolute atomic E-state index is 12.6. The van der Waals surface area contributed by atoms with E-state index in [9.17, 15) is 4.79 Å². The number of ether oxygens (including phenoxy) is 2. The molecule has 0 aliphatic carbocycles. The zero-order valence-corrected chi connectivity index (χ0v) is 16.9. The van der Waals surface area contributed by atoms with E-state index in [1.165, 1.54) is 14.2 Å². The third-order valence-electron chi connectivity index (χ3n) is 4.14. The fraction of sp³-hybridized carbons (Fsp3) is 0.300. The fourth-order valence-corrected chi connectivity index (χ4v) is 2.96. The number of nitrogens with zero attached hydrogens (tertiary/aromatic N) is 1. The number of carbonyl (C=O) groups excluding carboxylic acids is 1. The molecule has 7 heteroatoms. The third kappa shape index (κ3) is 5.10. The second-order valence-electron chi connectivity index (χ2n) is 5.66. The molecule has 0 fully saturated rings. The van der Waals surface area contributed by atoms with E-state index in [0.717, 1.165) is 24.5 Å². The number of hydrogen-bond donors (Lipinski definition) is 2. The van der Waals surface area contributed by atoms with Crippen LogP contribution >= 0.6 is 12.2 Å². The van der Waals surface area contributed by atoms with Crippen molar-refractivity contribution in [3.8, 4) is 11.5 Å². The van der Waals surface area contributed by atoms with Crippen molar-refractivity contribution >= 4 is 34.6 Å². The van der Waals surface area contributed by atoms with Crippen LogP contribution in [0.5, 0.6) is 11.5 Å². The molecule has 0 unspecified atom stereocenters. The summed E-state index contributed by atoms with van der Waals surface area (Å²) in [6.07, 6.45) is 0. The number of methoxy groups -OCH3 is 2. The van der Waals surface area contributed by atoms with Crippen LogP contribution in [0.3, 0.4) is 0 Å². The van der Waals surface area contributed by atoms with Gasteiger partial charge < -0.3 is 19.7 Å². The van der Waals surface area contributed by atoms with Gasteiger partial charge in [0, 0.05) is 24.5 Å². The van der Waals surface area contributed by atoms with Crippen molar-refractivity contribution in [1.29, 1.82) is 0 Å². The van der Waals surface area contributed by atoms with Gasteiger partial charge in [-0.1, -0.05) is 6.07 Å². The molecule has 1 amide bonds. The van der Waals surface area contributed by atoms with Gasteiger partial charge >= 0.3 is 0 Å². The fourth-order valence-electron chi connectivity index (χ4n) is 2.75. The molecule has 2 aromatic carbocycles. The van der Waals surface area contributed by atoms with E-state index in [2.05, 4.69) is 29.4 Å². The van der Waals surface area contributed by atoms with Crippen LogP contribution in [0.25, 0.3) is 0 Å². The van der Waals surface area contributed by atoms with Crippen molar-refractivity contribution < 1.29 is 14.3 Å². The molecule has 0 saturated heterocycles. The molecule has 0 atom stereocenters. The monoisotopic (exact) mass is 387 g/mol. The third-order valence-corrected chi connectivity index (χ3v) is 4.34. The number of hydrogen-bond acceptors (Lipinski definition) is 5. The Morgan fingerprint density at radius 2 is 1.56 bits per heavy atom. The van der Waals surface area contributed by atoms with Crippen molar-refractivity contribution in [3.05, 3.63) is 48.0 Å². The van der Waals surface area contributed by atoms with E-state index in [1.54, 1.807) is 18.2 Å². The van der Waals surface area contributed by atoms with Crippen LogP contribution in [0.1, 0.15) is 24.2 Å². The molecule has 0 radical (unpaired) electrons. The van der Waals surface area contributed by atoms with Gasteiger partial charge in [-0.3, -0.25) is 10.1 Å². The maximum Gasteiger partial charge on any atom is 0.264 e. The van der Waals surface area contributed by atoms with Gasteiger partial charge in [0.15, 0.2) is 5.11 Å². The lowest BCUT2D eigenvalue weighted by Crippen LogP contribution is -2.34. The van der Waals surface area contributed by atoms with E-state index in [1.807, 2.05) is 24.3 Å². The summed E-state index contributed by atoms with van der Waals surface area (Å²) in [4.78, 5) is 14.9. The first-order chi connectivity index (χ1) is 13.0. The Kier molecular flexibility index (Phi) is 7.43. The van der Waals surface area contributed by atoms with Gasteiger partial charge in [-0.15, -0.1) is 0 Å². The van der Waals surface area contributed by atoms with Crippen molar-refractivity contribution in [2.24, 2.45) is 0 Å². The largest absolute Gasteiger partial charge is 0.496 e. The smallest absolute Gasteiger partial charge is 0.264 e. The van der Waals surface area contributed by atoms with Crippen molar-refractivity contribution in [3.63, 3.8) is 0 Å². The first kappa shape index (κ1) is 20.5. The second kappa shape index (κ2) is 9.78. The molecule has 27 heavy (non-hydrogen) atoms. The minimum absolute atomic E-state index is 0.198. The topological polar surface area (TPSA) is 62.8 Å². The van der Waals surface area contributed by atoms with Gasteiger partial charge in [-0.05, 0) is 62.5 Å². The number of benzene rings is 2. The Bertz CT molecular complexity index is 767. The molecule has 144 valence electrons. The second-order valence-corrected chi connectivity index (χ2v) is 6.07. The summed E-state index contributed by atoms with van der Waals surface area (Å²) >= 11 is 5.27. The van der Waals surface area contributed by atoms with Crippen molar-refractivity contribution in [2.45, 2.75) is 13.8 Å². The van der Waals surface area contributed by atoms with Gasteiger partial charge in [-0.2, -0.15) is 0 Å². The lowest BCUT2D eigenvalue weighted by atomic mass is 10.1. The molecule has 0 heterocycles. The average molecular weight is 388 g/mol. The molecule has 6 nitrogen and oxygen atoms in total. The molecular formula is C20H25N3O3S. The molecule has 2 aromatic rings. The number of carbonyl (C=O) groups is 1. The number of rotatable bonds is 7. The van der Waals surface area contributed by atoms with Gasteiger partial charge in [0.25, 0.3) is 5.91 Å². The Labute approximate surface area is 165 Å². The van der Waals surface area contributed by atoms with Gasteiger partial charge in [0.1, 0.15) is 17.1 Å². The zero-order valence-electron chi connectivity index (χ0n) is 16.0. The zero-order chi connectivity index (χ0) is 19.8. The Morgan fingerprint density at radius 1 is 1.00 bits per heavy atom. The van der Waals surface area contributed by atoms with E-state index in [0.29, 0.717) is 17.1 Å². The standard InChI is InChI=1S/C20H25N3O3S/c1-5-23(6-2)15-12-10-14(11-13-15)21-20(27)22-19(24)18-16(25-3)8-7-9-17(18)26-4/h7-13H,5-6H2,1-4H3,(H2,21,22,24,27). The van der Waals surface area contributed by atoms with Crippen LogP contribution in [0.15, 0.2) is 42.5 Å². The van der Waals surface area contributed by atoms with Crippen LogP contribution in [0.2, 0.25) is 0 Å². The highest BCUT2D eigenvalue weighted by atomic mass is 32.1. The first-order valence-electron chi connectivity index (χ1n) is 8.72. The summed E-state index contributed by atoms with van der Waals surface area (Å²) in [5, 5.41) is 5.88. The van der Waals surface area contributed by atoms with E-state index in [4.69, 9.17) is 21.7 Å². The lowest BCUT2D eigenvalue weighted by molar-refractivity contribution is 0.0971. The minimum Gasteiger partial charge on any atom is -0.496 e. The molecule has 0 aliphatic rings. The van der Waals surface area contributed by atoms with Crippen LogP contribution in [0, 0.1) is 0 Å². The molecular weight excluding hydrogens is 362 g/mol. The summed E-state index contributed by atoms with van der Waals surface area (Å²) in [6.45, 7) is 6.12. The highest BCUT2D eigenvalue weighted by Gasteiger charge is 2.19. The predicted octanol–water partition coefficient (Wildman–Crippen LogP) is 3.68. The van der Waals surface area contributed by atoms with Gasteiger partial charge in [0.05, 0.1) is 14.2 Å². The highest BCUT2D eigenvalue weighted by molar-refractivity contribution is 7.80. The minimum atomic E-state index is -0.401. The van der Waals surface area contributed by atoms with Crippen LogP contribution in [-0.4, -0.2) is 38.3 Å². The van der Waals surface area contributed by atoms with Gasteiger partial charge in [0.2, 0.25) is 0 Å². The van der Waals surface area contributed by atoms with Crippen LogP contribution in [-0.2, 0) is 0 Å². The quantitative estimate of drug-likeness (QED) is 0.707. The van der Waals surface area contributed by atoms with Crippen molar-refractivity contribution in [2.75, 3.05) is 37.5 Å². The number of anilines is 2. The van der Waals surface area contributed by atoms with Crippen LogP contribution in [0.4, 0.5) is 11.4 Å². The molecule has 0 bridgehead atoms. The Balaban J connectivity index is 2.07. The molecule has 0 saturated carbocycles. The molecule has 2 rings (SSSR count). The van der Waals surface area contributed by atoms with Crippen LogP contribution < -0.4 is 25.0 Å². The van der Waals surface area contributed by atoms with E-state index < -0.39 is 5.91 Å². The summed E-state index contributed by atoms with van der Waals surface area (Å²) in [7, 11) is 3.00. The molecule has 0 spiro atoms. The average Bonchev–Trinajstić information content (AvgIpc) is 2.69. The van der Waals surface area contributed by atoms with E-state index in [-0.39, 0.29) is 5.11 Å². The SMILES string of the molecule is CCN(CC)c1ccc(NC(=S)NC(=O)c2c(OC)cccc2OC)cc1. The summed E-state index contributed by atoms with van der Waals surface area (Å²) in [5.74, 6) is 0.429. The van der Waals surface area contributed by atoms with Gasteiger partial charge in [-0.25, -0.2) is 0 Å². The normalized spacial score (nSPS) is 10.1. The van der Waals surface area contributed by atoms with E-state index >= 15 is 0 Å². The summed E-state index contributed by atoms with van der Waals surface area (Å²) in [6, 6.07) is 13.0. The number of amides is 1. The molecule has 0 aromatic heterocycles.